The van der Waals surface area contributed by atoms with Gasteiger partial charge in [0.15, 0.2) is 0 Å². The lowest BCUT2D eigenvalue weighted by molar-refractivity contribution is 0.916. The fourth-order valence-corrected chi connectivity index (χ4v) is 8.37. The predicted molar refractivity (Wildman–Crippen MR) is 119 cm³/mol. The molecule has 2 aromatic carbocycles. The van der Waals surface area contributed by atoms with E-state index in [2.05, 4.69) is 84.0 Å². The van der Waals surface area contributed by atoms with E-state index < -0.39 is 8.80 Å². The Morgan fingerprint density at radius 1 is 0.731 bits per heavy atom. The van der Waals surface area contributed by atoms with Crippen molar-refractivity contribution in [2.45, 2.75) is 60.8 Å². The van der Waals surface area contributed by atoms with Crippen LogP contribution >= 0.6 is 0 Å². The summed E-state index contributed by atoms with van der Waals surface area (Å²) in [4.78, 5) is 0. The van der Waals surface area contributed by atoms with E-state index >= 15 is 0 Å². The molecule has 0 aliphatic heterocycles. The summed E-state index contributed by atoms with van der Waals surface area (Å²) < 4.78 is 0. The SMILES string of the molecule is CCCC1=C(C)CC([SiH](c2cc(C)cc(C)c2)c2cc(C)cc(C)c2)=C1. The molecule has 0 heterocycles. The van der Waals surface area contributed by atoms with Gasteiger partial charge in [0.25, 0.3) is 0 Å². The molecular weight excluding hydrogens is 328 g/mol. The molecule has 0 bridgehead atoms. The van der Waals surface area contributed by atoms with E-state index in [0.29, 0.717) is 0 Å². The average molecular weight is 361 g/mol. The van der Waals surface area contributed by atoms with Gasteiger partial charge in [0.05, 0.1) is 0 Å². The molecule has 0 fully saturated rings. The van der Waals surface area contributed by atoms with Gasteiger partial charge < -0.3 is 0 Å². The molecule has 0 nitrogen and oxygen atoms in total. The maximum Gasteiger partial charge on any atom is 0.128 e. The number of allylic oxidation sites excluding steroid dienone is 4. The first-order valence-electron chi connectivity index (χ1n) is 9.93. The van der Waals surface area contributed by atoms with E-state index in [1.807, 2.05) is 0 Å². The van der Waals surface area contributed by atoms with Crippen LogP contribution in [0.2, 0.25) is 0 Å². The molecule has 1 aliphatic carbocycles. The highest BCUT2D eigenvalue weighted by molar-refractivity contribution is 6.91. The second kappa shape index (κ2) is 7.80. The highest BCUT2D eigenvalue weighted by Gasteiger charge is 2.26. The third-order valence-corrected chi connectivity index (χ3v) is 8.53. The first kappa shape index (κ1) is 18.9. The maximum atomic E-state index is 2.56. The van der Waals surface area contributed by atoms with Gasteiger partial charge in [-0.2, -0.15) is 0 Å². The van der Waals surface area contributed by atoms with Crippen LogP contribution in [0.5, 0.6) is 0 Å². The van der Waals surface area contributed by atoms with Gasteiger partial charge in [-0.05, 0) is 53.0 Å². The summed E-state index contributed by atoms with van der Waals surface area (Å²) in [7, 11) is -1.40. The summed E-state index contributed by atoms with van der Waals surface area (Å²) >= 11 is 0. The number of benzene rings is 2. The smallest absolute Gasteiger partial charge is 0.0700 e. The van der Waals surface area contributed by atoms with Crippen molar-refractivity contribution in [3.8, 4) is 0 Å². The molecule has 0 saturated carbocycles. The van der Waals surface area contributed by atoms with Gasteiger partial charge in [0.2, 0.25) is 0 Å². The molecule has 0 spiro atoms. The van der Waals surface area contributed by atoms with Crippen LogP contribution in [0.25, 0.3) is 0 Å². The summed E-state index contributed by atoms with van der Waals surface area (Å²) in [5.41, 5.74) is 8.73. The Hall–Kier alpha value is -1.86. The molecule has 0 unspecified atom stereocenters. The Labute approximate surface area is 161 Å². The van der Waals surface area contributed by atoms with Crippen molar-refractivity contribution in [3.05, 3.63) is 81.1 Å². The molecule has 0 N–H and O–H groups in total. The molecule has 1 aliphatic rings. The first-order valence-corrected chi connectivity index (χ1v) is 11.7. The van der Waals surface area contributed by atoms with Crippen LogP contribution in [0.1, 0.15) is 55.4 Å². The zero-order chi connectivity index (χ0) is 18.8. The Morgan fingerprint density at radius 2 is 1.19 bits per heavy atom. The van der Waals surface area contributed by atoms with E-state index in [0.717, 1.165) is 0 Å². The third-order valence-electron chi connectivity index (χ3n) is 5.42. The van der Waals surface area contributed by atoms with Crippen LogP contribution < -0.4 is 10.4 Å². The monoisotopic (exact) mass is 360 g/mol. The van der Waals surface area contributed by atoms with Crippen molar-refractivity contribution < 1.29 is 0 Å². The molecule has 2 aromatic rings. The van der Waals surface area contributed by atoms with Crippen LogP contribution in [-0.2, 0) is 0 Å². The highest BCUT2D eigenvalue weighted by atomic mass is 28.3. The van der Waals surface area contributed by atoms with Crippen LogP contribution in [0.15, 0.2) is 58.8 Å². The van der Waals surface area contributed by atoms with Crippen molar-refractivity contribution in [1.82, 2.24) is 0 Å². The van der Waals surface area contributed by atoms with Gasteiger partial charge >= 0.3 is 0 Å². The van der Waals surface area contributed by atoms with Crippen molar-refractivity contribution in [1.29, 1.82) is 0 Å². The summed E-state index contributed by atoms with van der Waals surface area (Å²) in [6.07, 6.45) is 6.18. The van der Waals surface area contributed by atoms with Crippen LogP contribution in [-0.4, -0.2) is 8.80 Å². The Morgan fingerprint density at radius 3 is 1.62 bits per heavy atom. The summed E-state index contributed by atoms with van der Waals surface area (Å²) in [5, 5.41) is 4.84. The molecule has 0 amide bonds. The lowest BCUT2D eigenvalue weighted by atomic mass is 10.1. The predicted octanol–water partition coefficient (Wildman–Crippen LogP) is 5.25. The Bertz CT molecular complexity index is 791. The number of rotatable bonds is 5. The summed E-state index contributed by atoms with van der Waals surface area (Å²) in [6.45, 7) is 13.6. The second-order valence-electron chi connectivity index (χ2n) is 8.23. The largest absolute Gasteiger partial charge is 0.128 e. The van der Waals surface area contributed by atoms with Crippen LogP contribution in [0.4, 0.5) is 0 Å². The molecule has 3 rings (SSSR count). The van der Waals surface area contributed by atoms with E-state index in [-0.39, 0.29) is 0 Å². The minimum Gasteiger partial charge on any atom is -0.0700 e. The summed E-state index contributed by atoms with van der Waals surface area (Å²) in [5.74, 6) is 0. The normalized spacial score (nSPS) is 14.3. The van der Waals surface area contributed by atoms with Crippen LogP contribution in [0.3, 0.4) is 0 Å². The van der Waals surface area contributed by atoms with Crippen molar-refractivity contribution in [2.75, 3.05) is 0 Å². The standard InChI is InChI=1S/C25H32Si/c1-7-8-22-16-25(15-21(22)6)26(23-11-17(2)9-18(3)12-23)24-13-19(4)10-20(5)14-24/h9-14,16,26H,7-8,15H2,1-6H3. The molecule has 1 heteroatoms. The molecule has 0 aromatic heterocycles. The number of hydrogen-bond acceptors (Lipinski definition) is 0. The minimum absolute atomic E-state index is 1.17. The van der Waals surface area contributed by atoms with Gasteiger partial charge in [-0.1, -0.05) is 99.2 Å². The molecular formula is C25H32Si. The van der Waals surface area contributed by atoms with Gasteiger partial charge in [-0.25, -0.2) is 0 Å². The summed E-state index contributed by atoms with van der Waals surface area (Å²) in [6, 6.07) is 14.4. The van der Waals surface area contributed by atoms with E-state index in [1.54, 1.807) is 26.7 Å². The quantitative estimate of drug-likeness (QED) is 0.639. The minimum atomic E-state index is -1.40. The zero-order valence-corrected chi connectivity index (χ0v) is 18.4. The van der Waals surface area contributed by atoms with Crippen molar-refractivity contribution in [2.24, 2.45) is 0 Å². The lowest BCUT2D eigenvalue weighted by Crippen LogP contribution is -2.44. The molecule has 0 atom stereocenters. The molecule has 26 heavy (non-hydrogen) atoms. The Kier molecular flexibility index (Phi) is 5.67. The second-order valence-corrected chi connectivity index (χ2v) is 11.2. The van der Waals surface area contributed by atoms with Gasteiger partial charge in [-0.3, -0.25) is 0 Å². The maximum absolute atomic E-state index is 2.56. The number of hydrogen-bond donors (Lipinski definition) is 0. The van der Waals surface area contributed by atoms with E-state index in [9.17, 15) is 0 Å². The van der Waals surface area contributed by atoms with Crippen molar-refractivity contribution >= 4 is 19.2 Å². The van der Waals surface area contributed by atoms with Gasteiger partial charge in [0, 0.05) is 0 Å². The fourth-order valence-electron chi connectivity index (χ4n) is 4.53. The molecule has 136 valence electrons. The zero-order valence-electron chi connectivity index (χ0n) is 17.2. The highest BCUT2D eigenvalue weighted by Crippen LogP contribution is 2.29. The number of aryl methyl sites for hydroxylation is 4. The van der Waals surface area contributed by atoms with E-state index in [1.165, 1.54) is 41.5 Å². The topological polar surface area (TPSA) is 0 Å². The fraction of sp³-hybridized carbons (Fsp3) is 0.360. The molecule has 0 saturated heterocycles. The third kappa shape index (κ3) is 4.10. The van der Waals surface area contributed by atoms with Gasteiger partial charge in [0.1, 0.15) is 8.80 Å². The lowest BCUT2D eigenvalue weighted by Gasteiger charge is -2.21. The average Bonchev–Trinajstić information content (AvgIpc) is 2.86. The molecule has 0 radical (unpaired) electrons. The van der Waals surface area contributed by atoms with Gasteiger partial charge in [-0.15, -0.1) is 0 Å². The van der Waals surface area contributed by atoms with Crippen molar-refractivity contribution in [3.63, 3.8) is 0 Å². The Balaban J connectivity index is 2.13. The van der Waals surface area contributed by atoms with Crippen LogP contribution in [0, 0.1) is 27.7 Å². The first-order chi connectivity index (χ1) is 12.4. The van der Waals surface area contributed by atoms with E-state index in [4.69, 9.17) is 0 Å².